The fourth-order valence-electron chi connectivity index (χ4n) is 4.10. The standard InChI is InChI=1S/C19H25NO5/c1-22-11-15-10-19(12-23-15)4-6-20(7-5-19)18(21)9-14-2-3-16-17(8-14)25-13-24-16/h2-3,8,15H,4-7,9-13H2,1H3. The normalized spacial score (nSPS) is 24.0. The number of carbonyl (C=O) groups excluding carboxylic acids is 1. The summed E-state index contributed by atoms with van der Waals surface area (Å²) in [6.07, 6.45) is 3.69. The Bertz CT molecular complexity index is 639. The van der Waals surface area contributed by atoms with Crippen LogP contribution in [0.5, 0.6) is 11.5 Å². The number of ether oxygens (including phenoxy) is 4. The van der Waals surface area contributed by atoms with Crippen molar-refractivity contribution in [2.45, 2.75) is 31.8 Å². The summed E-state index contributed by atoms with van der Waals surface area (Å²) in [5, 5.41) is 0. The lowest BCUT2D eigenvalue weighted by atomic mass is 9.76. The van der Waals surface area contributed by atoms with Gasteiger partial charge in [-0.3, -0.25) is 4.79 Å². The largest absolute Gasteiger partial charge is 0.454 e. The first-order valence-corrected chi connectivity index (χ1v) is 8.94. The number of methoxy groups -OCH3 is 1. The van der Waals surface area contributed by atoms with Crippen molar-refractivity contribution in [2.75, 3.05) is 40.2 Å². The number of hydrogen-bond donors (Lipinski definition) is 0. The van der Waals surface area contributed by atoms with E-state index in [4.69, 9.17) is 18.9 Å². The molecule has 3 aliphatic rings. The zero-order chi connectivity index (χ0) is 17.3. The smallest absolute Gasteiger partial charge is 0.231 e. The van der Waals surface area contributed by atoms with Crippen molar-refractivity contribution in [3.05, 3.63) is 23.8 Å². The van der Waals surface area contributed by atoms with Crippen LogP contribution in [0.4, 0.5) is 0 Å². The lowest BCUT2D eigenvalue weighted by molar-refractivity contribution is -0.132. The molecule has 6 heteroatoms. The van der Waals surface area contributed by atoms with Gasteiger partial charge < -0.3 is 23.8 Å². The van der Waals surface area contributed by atoms with Crippen LogP contribution in [-0.4, -0.2) is 57.1 Å². The summed E-state index contributed by atoms with van der Waals surface area (Å²) < 4.78 is 21.8. The second kappa shape index (κ2) is 6.84. The molecule has 136 valence electrons. The van der Waals surface area contributed by atoms with Gasteiger partial charge in [0, 0.05) is 20.2 Å². The number of amides is 1. The third-order valence-corrected chi connectivity index (χ3v) is 5.61. The van der Waals surface area contributed by atoms with Crippen molar-refractivity contribution < 1.29 is 23.7 Å². The van der Waals surface area contributed by atoms with Crippen LogP contribution < -0.4 is 9.47 Å². The van der Waals surface area contributed by atoms with E-state index in [0.717, 1.165) is 56.0 Å². The van der Waals surface area contributed by atoms with Gasteiger partial charge in [-0.15, -0.1) is 0 Å². The third kappa shape index (κ3) is 3.46. The van der Waals surface area contributed by atoms with Crippen molar-refractivity contribution in [1.82, 2.24) is 4.90 Å². The van der Waals surface area contributed by atoms with E-state index in [1.807, 2.05) is 23.1 Å². The molecule has 25 heavy (non-hydrogen) atoms. The molecule has 0 N–H and O–H groups in total. The number of piperidine rings is 1. The summed E-state index contributed by atoms with van der Waals surface area (Å²) in [5.74, 6) is 1.67. The van der Waals surface area contributed by atoms with Gasteiger partial charge in [-0.2, -0.15) is 0 Å². The molecule has 0 saturated carbocycles. The van der Waals surface area contributed by atoms with Crippen LogP contribution in [0, 0.1) is 5.41 Å². The highest BCUT2D eigenvalue weighted by molar-refractivity contribution is 5.79. The first-order chi connectivity index (χ1) is 12.2. The van der Waals surface area contributed by atoms with Crippen LogP contribution in [0.2, 0.25) is 0 Å². The summed E-state index contributed by atoms with van der Waals surface area (Å²) >= 11 is 0. The van der Waals surface area contributed by atoms with Crippen molar-refractivity contribution in [3.63, 3.8) is 0 Å². The van der Waals surface area contributed by atoms with E-state index in [1.54, 1.807) is 7.11 Å². The summed E-state index contributed by atoms with van der Waals surface area (Å²) in [7, 11) is 1.71. The van der Waals surface area contributed by atoms with Crippen molar-refractivity contribution in [1.29, 1.82) is 0 Å². The van der Waals surface area contributed by atoms with Crippen LogP contribution in [0.3, 0.4) is 0 Å². The van der Waals surface area contributed by atoms with E-state index in [1.165, 1.54) is 0 Å². The van der Waals surface area contributed by atoms with Crippen molar-refractivity contribution in [3.8, 4) is 11.5 Å². The average Bonchev–Trinajstić information content (AvgIpc) is 3.23. The molecule has 0 bridgehead atoms. The Balaban J connectivity index is 1.31. The molecular weight excluding hydrogens is 322 g/mol. The Hall–Kier alpha value is -1.79. The van der Waals surface area contributed by atoms with Gasteiger partial charge in [0.25, 0.3) is 0 Å². The lowest BCUT2D eigenvalue weighted by Gasteiger charge is -2.38. The maximum atomic E-state index is 12.6. The molecule has 2 fully saturated rings. The molecule has 3 aliphatic heterocycles. The minimum atomic E-state index is 0.182. The van der Waals surface area contributed by atoms with E-state index in [0.29, 0.717) is 13.0 Å². The van der Waals surface area contributed by atoms with E-state index < -0.39 is 0 Å². The summed E-state index contributed by atoms with van der Waals surface area (Å²) in [6.45, 7) is 3.34. The Labute approximate surface area is 148 Å². The highest BCUT2D eigenvalue weighted by atomic mass is 16.7. The zero-order valence-corrected chi connectivity index (χ0v) is 14.7. The molecule has 1 aromatic carbocycles. The first kappa shape index (κ1) is 16.7. The van der Waals surface area contributed by atoms with Gasteiger partial charge in [0.1, 0.15) is 0 Å². The first-order valence-electron chi connectivity index (χ1n) is 8.94. The predicted octanol–water partition coefficient (Wildman–Crippen LogP) is 2.00. The summed E-state index contributed by atoms with van der Waals surface area (Å²) in [6, 6.07) is 5.73. The minimum absolute atomic E-state index is 0.182. The van der Waals surface area contributed by atoms with Gasteiger partial charge in [0.15, 0.2) is 11.5 Å². The van der Waals surface area contributed by atoms with E-state index in [9.17, 15) is 4.79 Å². The fraction of sp³-hybridized carbons (Fsp3) is 0.632. The molecule has 2 saturated heterocycles. The van der Waals surface area contributed by atoms with Crippen molar-refractivity contribution >= 4 is 5.91 Å². The highest BCUT2D eigenvalue weighted by Crippen LogP contribution is 2.42. The molecule has 0 radical (unpaired) electrons. The van der Waals surface area contributed by atoms with Crippen LogP contribution in [-0.2, 0) is 20.7 Å². The predicted molar refractivity (Wildman–Crippen MR) is 90.7 cm³/mol. The Morgan fingerprint density at radius 2 is 2.08 bits per heavy atom. The molecule has 1 amide bonds. The third-order valence-electron chi connectivity index (χ3n) is 5.61. The maximum absolute atomic E-state index is 12.6. The van der Waals surface area contributed by atoms with E-state index in [2.05, 4.69) is 0 Å². The number of nitrogens with zero attached hydrogens (tertiary/aromatic N) is 1. The van der Waals surface area contributed by atoms with Crippen LogP contribution >= 0.6 is 0 Å². The second-order valence-electron chi connectivity index (χ2n) is 7.34. The molecule has 1 spiro atoms. The minimum Gasteiger partial charge on any atom is -0.454 e. The van der Waals surface area contributed by atoms with Crippen LogP contribution in [0.25, 0.3) is 0 Å². The highest BCUT2D eigenvalue weighted by Gasteiger charge is 2.42. The fourth-order valence-corrected chi connectivity index (χ4v) is 4.10. The van der Waals surface area contributed by atoms with Gasteiger partial charge in [-0.05, 0) is 42.4 Å². The number of benzene rings is 1. The SMILES string of the molecule is COCC1CC2(CCN(C(=O)Cc3ccc4c(c3)OCO4)CC2)CO1. The number of carbonyl (C=O) groups is 1. The quantitative estimate of drug-likeness (QED) is 0.834. The summed E-state index contributed by atoms with van der Waals surface area (Å²) in [5.41, 5.74) is 1.21. The molecular formula is C19H25NO5. The Morgan fingerprint density at radius 3 is 2.88 bits per heavy atom. The van der Waals surface area contributed by atoms with Crippen molar-refractivity contribution in [2.24, 2.45) is 5.41 Å². The molecule has 6 nitrogen and oxygen atoms in total. The monoisotopic (exact) mass is 347 g/mol. The van der Waals surface area contributed by atoms with Gasteiger partial charge in [-0.1, -0.05) is 6.07 Å². The molecule has 1 atom stereocenters. The molecule has 1 aromatic rings. The van der Waals surface area contributed by atoms with Gasteiger partial charge in [0.2, 0.25) is 12.7 Å². The summed E-state index contributed by atoms with van der Waals surface area (Å²) in [4.78, 5) is 14.6. The Kier molecular flexibility index (Phi) is 4.56. The van der Waals surface area contributed by atoms with Gasteiger partial charge >= 0.3 is 0 Å². The van der Waals surface area contributed by atoms with E-state index >= 15 is 0 Å². The number of hydrogen-bond acceptors (Lipinski definition) is 5. The molecule has 1 unspecified atom stereocenters. The average molecular weight is 347 g/mol. The topological polar surface area (TPSA) is 57.2 Å². The molecule has 4 rings (SSSR count). The van der Waals surface area contributed by atoms with Gasteiger partial charge in [-0.25, -0.2) is 0 Å². The second-order valence-corrected chi connectivity index (χ2v) is 7.34. The zero-order valence-electron chi connectivity index (χ0n) is 14.7. The Morgan fingerprint density at radius 1 is 1.28 bits per heavy atom. The van der Waals surface area contributed by atoms with Crippen LogP contribution in [0.1, 0.15) is 24.8 Å². The molecule has 0 aliphatic carbocycles. The number of likely N-dealkylation sites (tertiary alicyclic amines) is 1. The molecule has 3 heterocycles. The number of rotatable bonds is 4. The molecule has 0 aromatic heterocycles. The van der Waals surface area contributed by atoms with Crippen LogP contribution in [0.15, 0.2) is 18.2 Å². The van der Waals surface area contributed by atoms with Gasteiger partial charge in [0.05, 0.1) is 25.7 Å². The van der Waals surface area contributed by atoms with E-state index in [-0.39, 0.29) is 24.2 Å². The maximum Gasteiger partial charge on any atom is 0.231 e. The lowest BCUT2D eigenvalue weighted by Crippen LogP contribution is -2.44. The number of fused-ring (bicyclic) bond motifs is 1.